The normalized spacial score (nSPS) is 17.9. The summed E-state index contributed by atoms with van der Waals surface area (Å²) in [4.78, 5) is 7.42. The Bertz CT molecular complexity index is 810. The maximum Gasteiger partial charge on any atom is 0.193 e. The summed E-state index contributed by atoms with van der Waals surface area (Å²) in [6.45, 7) is 8.42. The number of hydrogen-bond acceptors (Lipinski definition) is 2. The lowest BCUT2D eigenvalue weighted by Crippen LogP contribution is -2.42. The largest absolute Gasteiger partial charge is 0.357 e. The van der Waals surface area contributed by atoms with Gasteiger partial charge in [-0.2, -0.15) is 5.10 Å². The van der Waals surface area contributed by atoms with E-state index in [4.69, 9.17) is 4.99 Å². The number of aryl methyl sites for hydroxylation is 2. The van der Waals surface area contributed by atoms with E-state index in [-0.39, 0.29) is 24.0 Å². The summed E-state index contributed by atoms with van der Waals surface area (Å²) >= 11 is 0. The number of aromatic nitrogens is 2. The minimum Gasteiger partial charge on any atom is -0.357 e. The lowest BCUT2D eigenvalue weighted by atomic mass is 9.68. The molecular formula is C23H34IN5. The molecule has 0 radical (unpaired) electrons. The summed E-state index contributed by atoms with van der Waals surface area (Å²) in [6, 6.07) is 10.3. The highest BCUT2D eigenvalue weighted by Gasteiger charge is 2.43. The van der Waals surface area contributed by atoms with E-state index < -0.39 is 0 Å². The van der Waals surface area contributed by atoms with E-state index in [0.29, 0.717) is 5.41 Å². The van der Waals surface area contributed by atoms with Crippen molar-refractivity contribution in [3.63, 3.8) is 0 Å². The van der Waals surface area contributed by atoms with Gasteiger partial charge in [0.25, 0.3) is 0 Å². The average Bonchev–Trinajstić information content (AvgIpc) is 3.29. The predicted octanol–water partition coefficient (Wildman–Crippen LogP) is 4.57. The van der Waals surface area contributed by atoms with Crippen molar-refractivity contribution in [2.45, 2.75) is 52.4 Å². The topological polar surface area (TPSA) is 45.5 Å². The third-order valence-corrected chi connectivity index (χ3v) is 6.37. The van der Waals surface area contributed by atoms with Crippen molar-refractivity contribution < 1.29 is 0 Å². The number of nitrogens with one attached hydrogen (secondary N) is 1. The molecule has 2 heterocycles. The fraction of sp³-hybridized carbons (Fsp3) is 0.565. The van der Waals surface area contributed by atoms with Crippen LogP contribution in [0.4, 0.5) is 0 Å². The van der Waals surface area contributed by atoms with E-state index in [1.54, 1.807) is 0 Å². The van der Waals surface area contributed by atoms with E-state index in [0.717, 1.165) is 49.8 Å². The lowest BCUT2D eigenvalue weighted by molar-refractivity contribution is 0.151. The van der Waals surface area contributed by atoms with E-state index in [2.05, 4.69) is 59.6 Å². The van der Waals surface area contributed by atoms with Gasteiger partial charge in [0.15, 0.2) is 5.96 Å². The summed E-state index contributed by atoms with van der Waals surface area (Å²) in [5, 5.41) is 8.18. The van der Waals surface area contributed by atoms with Crippen LogP contribution in [-0.4, -0.2) is 46.8 Å². The Morgan fingerprint density at radius 2 is 2.00 bits per heavy atom. The van der Waals surface area contributed by atoms with Gasteiger partial charge in [0.2, 0.25) is 0 Å². The average molecular weight is 507 g/mol. The molecule has 0 unspecified atom stereocenters. The van der Waals surface area contributed by atoms with Crippen LogP contribution in [0.5, 0.6) is 0 Å². The molecule has 6 heteroatoms. The number of rotatable bonds is 6. The molecule has 1 N–H and O–H groups in total. The van der Waals surface area contributed by atoms with Crippen LogP contribution in [0, 0.1) is 12.3 Å². The van der Waals surface area contributed by atoms with Gasteiger partial charge in [0.05, 0.1) is 11.4 Å². The van der Waals surface area contributed by atoms with E-state index in [1.807, 2.05) is 10.7 Å². The van der Waals surface area contributed by atoms with Crippen LogP contribution >= 0.6 is 24.0 Å². The standard InChI is InChI=1S/C23H33N5.HI/c1-3-24-22(27-16-14-23(18-27)12-8-13-23)25-15-7-9-20-17-28(26-19(20)2)21-10-5-4-6-11-21;/h4-6,10-11,17H,3,7-9,12-16,18H2,1-2H3,(H,24,25);1H. The van der Waals surface area contributed by atoms with Crippen molar-refractivity contribution in [1.29, 1.82) is 0 Å². The number of aliphatic imine (C=N–C) groups is 1. The summed E-state index contributed by atoms with van der Waals surface area (Å²) in [6.07, 6.45) is 9.81. The number of likely N-dealkylation sites (tertiary alicyclic amines) is 1. The highest BCUT2D eigenvalue weighted by Crippen LogP contribution is 2.47. The molecular weight excluding hydrogens is 473 g/mol. The second kappa shape index (κ2) is 9.96. The first-order chi connectivity index (χ1) is 13.7. The summed E-state index contributed by atoms with van der Waals surface area (Å²) in [5.74, 6) is 1.11. The first kappa shape index (κ1) is 22.1. The zero-order valence-corrected chi connectivity index (χ0v) is 20.1. The summed E-state index contributed by atoms with van der Waals surface area (Å²) in [5.41, 5.74) is 4.16. The molecule has 1 saturated carbocycles. The van der Waals surface area contributed by atoms with Crippen molar-refractivity contribution in [3.05, 3.63) is 47.8 Å². The van der Waals surface area contributed by atoms with Gasteiger partial charge in [-0.1, -0.05) is 24.6 Å². The van der Waals surface area contributed by atoms with Crippen LogP contribution < -0.4 is 5.32 Å². The van der Waals surface area contributed by atoms with Gasteiger partial charge in [-0.25, -0.2) is 4.68 Å². The van der Waals surface area contributed by atoms with Crippen LogP contribution in [0.25, 0.3) is 5.69 Å². The highest BCUT2D eigenvalue weighted by molar-refractivity contribution is 14.0. The molecule has 2 aromatic rings. The second-order valence-electron chi connectivity index (χ2n) is 8.38. The third kappa shape index (κ3) is 5.13. The molecule has 0 atom stereocenters. The fourth-order valence-electron chi connectivity index (χ4n) is 4.54. The highest BCUT2D eigenvalue weighted by atomic mass is 127. The van der Waals surface area contributed by atoms with Crippen LogP contribution in [0.15, 0.2) is 41.5 Å². The van der Waals surface area contributed by atoms with Gasteiger partial charge in [0.1, 0.15) is 0 Å². The van der Waals surface area contributed by atoms with Crippen LogP contribution in [0.1, 0.15) is 50.3 Å². The zero-order valence-electron chi connectivity index (χ0n) is 17.7. The molecule has 2 fully saturated rings. The molecule has 2 aliphatic rings. The van der Waals surface area contributed by atoms with Gasteiger partial charge >= 0.3 is 0 Å². The minimum absolute atomic E-state index is 0. The Morgan fingerprint density at radius 1 is 1.21 bits per heavy atom. The monoisotopic (exact) mass is 507 g/mol. The molecule has 0 bridgehead atoms. The fourth-order valence-corrected chi connectivity index (χ4v) is 4.54. The van der Waals surface area contributed by atoms with Crippen molar-refractivity contribution in [1.82, 2.24) is 20.0 Å². The Labute approximate surface area is 192 Å². The summed E-state index contributed by atoms with van der Waals surface area (Å²) in [7, 11) is 0. The molecule has 1 saturated heterocycles. The Morgan fingerprint density at radius 3 is 2.66 bits per heavy atom. The number of halogens is 1. The quantitative estimate of drug-likeness (QED) is 0.270. The van der Waals surface area contributed by atoms with Crippen LogP contribution in [0.2, 0.25) is 0 Å². The van der Waals surface area contributed by atoms with Crippen molar-refractivity contribution in [3.8, 4) is 5.69 Å². The van der Waals surface area contributed by atoms with Crippen molar-refractivity contribution in [2.75, 3.05) is 26.2 Å². The van der Waals surface area contributed by atoms with Gasteiger partial charge in [-0.15, -0.1) is 24.0 Å². The molecule has 1 spiro atoms. The Kier molecular flexibility index (Phi) is 7.60. The maximum atomic E-state index is 4.93. The van der Waals surface area contributed by atoms with E-state index in [9.17, 15) is 0 Å². The second-order valence-corrected chi connectivity index (χ2v) is 8.38. The Balaban J connectivity index is 0.00000240. The van der Waals surface area contributed by atoms with Gasteiger partial charge in [-0.3, -0.25) is 4.99 Å². The van der Waals surface area contributed by atoms with Crippen LogP contribution in [0.3, 0.4) is 0 Å². The number of benzene rings is 1. The van der Waals surface area contributed by atoms with Gasteiger partial charge < -0.3 is 10.2 Å². The van der Waals surface area contributed by atoms with Gasteiger partial charge in [0, 0.05) is 32.4 Å². The SMILES string of the molecule is CCNC(=NCCCc1cn(-c2ccccc2)nc1C)N1CCC2(CCC2)C1.I. The molecule has 158 valence electrons. The first-order valence-corrected chi connectivity index (χ1v) is 10.8. The molecule has 1 aromatic heterocycles. The predicted molar refractivity (Wildman–Crippen MR) is 130 cm³/mol. The lowest BCUT2D eigenvalue weighted by Gasteiger charge is -2.38. The van der Waals surface area contributed by atoms with Gasteiger partial charge in [-0.05, 0) is 69.1 Å². The summed E-state index contributed by atoms with van der Waals surface area (Å²) < 4.78 is 1.99. The molecule has 29 heavy (non-hydrogen) atoms. The van der Waals surface area contributed by atoms with E-state index in [1.165, 1.54) is 37.8 Å². The number of guanidine groups is 1. The molecule has 4 rings (SSSR count). The number of nitrogens with zero attached hydrogens (tertiary/aromatic N) is 4. The van der Waals surface area contributed by atoms with E-state index >= 15 is 0 Å². The molecule has 5 nitrogen and oxygen atoms in total. The number of para-hydroxylation sites is 1. The van der Waals surface area contributed by atoms with Crippen molar-refractivity contribution >= 4 is 29.9 Å². The third-order valence-electron chi connectivity index (χ3n) is 6.37. The Hall–Kier alpha value is -1.57. The molecule has 1 aromatic carbocycles. The minimum atomic E-state index is 0. The smallest absolute Gasteiger partial charge is 0.193 e. The number of hydrogen-bond donors (Lipinski definition) is 1. The maximum absolute atomic E-state index is 4.93. The zero-order chi connectivity index (χ0) is 19.4. The van der Waals surface area contributed by atoms with Crippen molar-refractivity contribution in [2.24, 2.45) is 10.4 Å². The van der Waals surface area contributed by atoms with Crippen LogP contribution in [-0.2, 0) is 6.42 Å². The first-order valence-electron chi connectivity index (χ1n) is 10.8. The molecule has 1 aliphatic heterocycles. The molecule has 0 amide bonds. The molecule has 1 aliphatic carbocycles.